The highest BCUT2D eigenvalue weighted by Gasteiger charge is 2.04. The molecule has 0 bridgehead atoms. The van der Waals surface area contributed by atoms with Gasteiger partial charge in [0, 0.05) is 25.7 Å². The highest BCUT2D eigenvalue weighted by molar-refractivity contribution is 9.10. The van der Waals surface area contributed by atoms with Crippen LogP contribution in [-0.4, -0.2) is 25.3 Å². The number of halogens is 1. The van der Waals surface area contributed by atoms with E-state index >= 15 is 0 Å². The predicted molar refractivity (Wildman–Crippen MR) is 72.0 cm³/mol. The smallest absolute Gasteiger partial charge is 0.133 e. The Hall–Kier alpha value is -0.650. The lowest BCUT2D eigenvalue weighted by Crippen LogP contribution is -2.09. The summed E-state index contributed by atoms with van der Waals surface area (Å²) >= 11 is 8.30. The third-order valence-electron chi connectivity index (χ3n) is 1.97. The lowest BCUT2D eigenvalue weighted by Gasteiger charge is -2.09. The quantitative estimate of drug-likeness (QED) is 0.648. The lowest BCUT2D eigenvalue weighted by atomic mass is 10.2. The van der Waals surface area contributed by atoms with Crippen LogP contribution in [0.15, 0.2) is 22.7 Å². The van der Waals surface area contributed by atoms with E-state index in [4.69, 9.17) is 27.4 Å². The molecule has 2 N–H and O–H groups in total. The maximum atomic E-state index is 5.56. The van der Waals surface area contributed by atoms with E-state index in [0.717, 1.165) is 22.2 Å². The second-order valence-electron chi connectivity index (χ2n) is 3.20. The monoisotopic (exact) mass is 303 g/mol. The second kappa shape index (κ2) is 6.83. The number of rotatable bonds is 6. The van der Waals surface area contributed by atoms with Gasteiger partial charge in [0.25, 0.3) is 0 Å². The number of hydrogen-bond donors (Lipinski definition) is 1. The number of nitrogens with two attached hydrogens (primary N) is 1. The fraction of sp³-hybridized carbons (Fsp3) is 0.364. The summed E-state index contributed by atoms with van der Waals surface area (Å²) in [7, 11) is 1.67. The van der Waals surface area contributed by atoms with Crippen molar-refractivity contribution in [1.82, 2.24) is 0 Å². The van der Waals surface area contributed by atoms with Crippen LogP contribution in [0.1, 0.15) is 12.0 Å². The molecule has 1 aromatic rings. The maximum absolute atomic E-state index is 5.56. The van der Waals surface area contributed by atoms with E-state index in [1.807, 2.05) is 18.2 Å². The zero-order chi connectivity index (χ0) is 12.0. The number of methoxy groups -OCH3 is 1. The highest BCUT2D eigenvalue weighted by atomic mass is 79.9. The molecule has 0 heterocycles. The van der Waals surface area contributed by atoms with Crippen molar-refractivity contribution in [3.05, 3.63) is 28.2 Å². The Morgan fingerprint density at radius 1 is 1.44 bits per heavy atom. The van der Waals surface area contributed by atoms with E-state index in [0.29, 0.717) is 18.2 Å². The Balaban J connectivity index is 2.57. The molecule has 5 heteroatoms. The fourth-order valence-electron chi connectivity index (χ4n) is 1.16. The molecule has 0 radical (unpaired) electrons. The van der Waals surface area contributed by atoms with Gasteiger partial charge in [-0.05, 0) is 34.1 Å². The first-order valence-corrected chi connectivity index (χ1v) is 6.06. The summed E-state index contributed by atoms with van der Waals surface area (Å²) in [6.45, 7) is 1.32. The number of ether oxygens (including phenoxy) is 2. The fourth-order valence-corrected chi connectivity index (χ4v) is 1.78. The third kappa shape index (κ3) is 4.08. The Kier molecular flexibility index (Phi) is 5.73. The molecule has 0 unspecified atom stereocenters. The number of thiocarbonyl (C=S) groups is 1. The molecule has 0 saturated heterocycles. The third-order valence-corrected chi connectivity index (χ3v) is 2.82. The van der Waals surface area contributed by atoms with Crippen molar-refractivity contribution >= 4 is 33.1 Å². The van der Waals surface area contributed by atoms with Crippen LogP contribution >= 0.6 is 28.1 Å². The van der Waals surface area contributed by atoms with Gasteiger partial charge in [-0.3, -0.25) is 0 Å². The highest BCUT2D eigenvalue weighted by Crippen LogP contribution is 2.26. The standard InChI is InChI=1S/C11H14BrNO2S/c1-14-5-2-6-15-10-4-3-8(11(13)16)7-9(10)12/h3-4,7H,2,5-6H2,1H3,(H2,13,16). The molecule has 0 aliphatic rings. The van der Waals surface area contributed by atoms with E-state index in [2.05, 4.69) is 15.9 Å². The van der Waals surface area contributed by atoms with Crippen LogP contribution in [0.25, 0.3) is 0 Å². The van der Waals surface area contributed by atoms with Crippen LogP contribution in [0.2, 0.25) is 0 Å². The van der Waals surface area contributed by atoms with Gasteiger partial charge in [0.05, 0.1) is 11.1 Å². The van der Waals surface area contributed by atoms with Crippen molar-refractivity contribution in [1.29, 1.82) is 0 Å². The molecule has 88 valence electrons. The molecule has 1 aromatic carbocycles. The van der Waals surface area contributed by atoms with Crippen molar-refractivity contribution < 1.29 is 9.47 Å². The maximum Gasteiger partial charge on any atom is 0.133 e. The molecule has 0 aromatic heterocycles. The summed E-state index contributed by atoms with van der Waals surface area (Å²) in [4.78, 5) is 0.381. The van der Waals surface area contributed by atoms with E-state index in [9.17, 15) is 0 Å². The van der Waals surface area contributed by atoms with Crippen LogP contribution in [0.5, 0.6) is 5.75 Å². The zero-order valence-corrected chi connectivity index (χ0v) is 11.4. The van der Waals surface area contributed by atoms with Gasteiger partial charge >= 0.3 is 0 Å². The molecule has 0 amide bonds. The van der Waals surface area contributed by atoms with Gasteiger partial charge in [0.1, 0.15) is 10.7 Å². The largest absolute Gasteiger partial charge is 0.492 e. The van der Waals surface area contributed by atoms with E-state index in [1.54, 1.807) is 7.11 Å². The minimum atomic E-state index is 0.381. The van der Waals surface area contributed by atoms with Crippen molar-refractivity contribution in [3.8, 4) is 5.75 Å². The van der Waals surface area contributed by atoms with Gasteiger partial charge in [-0.25, -0.2) is 0 Å². The topological polar surface area (TPSA) is 44.5 Å². The van der Waals surface area contributed by atoms with Crippen molar-refractivity contribution in [2.45, 2.75) is 6.42 Å². The average molecular weight is 304 g/mol. The molecule has 0 atom stereocenters. The molecule has 0 spiro atoms. The number of hydrogen-bond acceptors (Lipinski definition) is 3. The molecule has 3 nitrogen and oxygen atoms in total. The van der Waals surface area contributed by atoms with E-state index in [-0.39, 0.29) is 0 Å². The minimum absolute atomic E-state index is 0.381. The molecular weight excluding hydrogens is 290 g/mol. The van der Waals surface area contributed by atoms with Gasteiger partial charge in [-0.1, -0.05) is 12.2 Å². The molecule has 16 heavy (non-hydrogen) atoms. The Morgan fingerprint density at radius 3 is 2.75 bits per heavy atom. The molecular formula is C11H14BrNO2S. The van der Waals surface area contributed by atoms with Crippen molar-refractivity contribution in [3.63, 3.8) is 0 Å². The Morgan fingerprint density at radius 2 is 2.19 bits per heavy atom. The minimum Gasteiger partial charge on any atom is -0.492 e. The SMILES string of the molecule is COCCCOc1ccc(C(N)=S)cc1Br. The van der Waals surface area contributed by atoms with Crippen LogP contribution < -0.4 is 10.5 Å². The van der Waals surface area contributed by atoms with Gasteiger partial charge in [0.15, 0.2) is 0 Å². The van der Waals surface area contributed by atoms with Crippen LogP contribution in [0.4, 0.5) is 0 Å². The number of benzene rings is 1. The predicted octanol–water partition coefficient (Wildman–Crippen LogP) is 2.50. The zero-order valence-electron chi connectivity index (χ0n) is 9.03. The molecule has 0 aliphatic carbocycles. The first-order valence-electron chi connectivity index (χ1n) is 4.86. The Bertz CT molecular complexity index is 371. The van der Waals surface area contributed by atoms with E-state index < -0.39 is 0 Å². The van der Waals surface area contributed by atoms with Crippen LogP contribution in [0.3, 0.4) is 0 Å². The lowest BCUT2D eigenvalue weighted by molar-refractivity contribution is 0.172. The molecule has 0 aliphatic heterocycles. The second-order valence-corrected chi connectivity index (χ2v) is 4.50. The molecule has 0 saturated carbocycles. The summed E-state index contributed by atoms with van der Waals surface area (Å²) in [5.41, 5.74) is 6.35. The van der Waals surface area contributed by atoms with Crippen LogP contribution in [-0.2, 0) is 4.74 Å². The van der Waals surface area contributed by atoms with Gasteiger partial charge < -0.3 is 15.2 Å². The normalized spacial score (nSPS) is 10.1. The first-order chi connectivity index (χ1) is 7.65. The summed E-state index contributed by atoms with van der Waals surface area (Å²) in [6.07, 6.45) is 0.861. The molecule has 1 rings (SSSR count). The molecule has 0 fully saturated rings. The van der Waals surface area contributed by atoms with Gasteiger partial charge in [-0.15, -0.1) is 0 Å². The van der Waals surface area contributed by atoms with E-state index in [1.165, 1.54) is 0 Å². The van der Waals surface area contributed by atoms with Crippen LogP contribution in [0, 0.1) is 0 Å². The first kappa shape index (κ1) is 13.4. The summed E-state index contributed by atoms with van der Waals surface area (Å²) in [5, 5.41) is 0. The average Bonchev–Trinajstić information content (AvgIpc) is 2.26. The summed E-state index contributed by atoms with van der Waals surface area (Å²) < 4.78 is 11.4. The van der Waals surface area contributed by atoms with Gasteiger partial charge in [0.2, 0.25) is 0 Å². The van der Waals surface area contributed by atoms with Gasteiger partial charge in [-0.2, -0.15) is 0 Å². The Labute approximate surface area is 109 Å². The summed E-state index contributed by atoms with van der Waals surface area (Å²) in [5.74, 6) is 0.788. The van der Waals surface area contributed by atoms with Crippen molar-refractivity contribution in [2.75, 3.05) is 20.3 Å². The van der Waals surface area contributed by atoms with Crippen molar-refractivity contribution in [2.24, 2.45) is 5.73 Å². The summed E-state index contributed by atoms with van der Waals surface area (Å²) in [6, 6.07) is 5.55.